The molecule has 3 heteroatoms. The normalized spacial score (nSPS) is 23.9. The number of amides is 1. The van der Waals surface area contributed by atoms with E-state index in [1.165, 1.54) is 6.42 Å². The van der Waals surface area contributed by atoms with Crippen LogP contribution in [0.1, 0.15) is 38.7 Å². The molecule has 0 saturated heterocycles. The molecule has 1 N–H and O–H groups in total. The average molecular weight is 310 g/mol. The van der Waals surface area contributed by atoms with Crippen LogP contribution in [-0.2, 0) is 10.2 Å². The molecule has 1 amide bonds. The van der Waals surface area contributed by atoms with E-state index in [2.05, 4.69) is 21.2 Å². The number of alkyl halides is 1. The molecule has 2 nitrogen and oxygen atoms in total. The third-order valence-corrected chi connectivity index (χ3v) is 4.91. The first kappa shape index (κ1) is 13.6. The highest BCUT2D eigenvalue weighted by atomic mass is 79.9. The van der Waals surface area contributed by atoms with Crippen molar-refractivity contribution in [1.29, 1.82) is 0 Å². The Morgan fingerprint density at radius 1 is 1.28 bits per heavy atom. The van der Waals surface area contributed by atoms with Gasteiger partial charge in [-0.3, -0.25) is 4.79 Å². The summed E-state index contributed by atoms with van der Waals surface area (Å²) in [6.45, 7) is 3.96. The third kappa shape index (κ3) is 2.77. The number of carbonyl (C=O) groups is 1. The lowest BCUT2D eigenvalue weighted by atomic mass is 9.83. The van der Waals surface area contributed by atoms with Gasteiger partial charge in [0, 0.05) is 10.9 Å². The smallest absolute Gasteiger partial charge is 0.230 e. The van der Waals surface area contributed by atoms with Crippen molar-refractivity contribution in [3.05, 3.63) is 35.9 Å². The van der Waals surface area contributed by atoms with Crippen LogP contribution in [0.5, 0.6) is 0 Å². The van der Waals surface area contributed by atoms with Crippen LogP contribution in [0, 0.1) is 0 Å². The minimum absolute atomic E-state index is 0.116. The van der Waals surface area contributed by atoms with Crippen molar-refractivity contribution in [2.75, 3.05) is 0 Å². The summed E-state index contributed by atoms with van der Waals surface area (Å²) in [5.74, 6) is 0.116. The summed E-state index contributed by atoms with van der Waals surface area (Å²) in [4.78, 5) is 12.9. The predicted octanol–water partition coefficient (Wildman–Crippen LogP) is 3.40. The molecule has 1 aliphatic carbocycles. The van der Waals surface area contributed by atoms with Gasteiger partial charge >= 0.3 is 0 Å². The number of benzene rings is 1. The molecule has 98 valence electrons. The number of hydrogen-bond acceptors (Lipinski definition) is 1. The first-order valence-corrected chi connectivity index (χ1v) is 7.44. The molecule has 0 aromatic heterocycles. The van der Waals surface area contributed by atoms with Crippen molar-refractivity contribution in [1.82, 2.24) is 5.32 Å². The van der Waals surface area contributed by atoms with Crippen LogP contribution in [0.3, 0.4) is 0 Å². The molecular formula is C15H20BrNO. The van der Waals surface area contributed by atoms with Crippen molar-refractivity contribution in [2.24, 2.45) is 0 Å². The molecule has 18 heavy (non-hydrogen) atoms. The number of nitrogens with one attached hydrogen (secondary N) is 1. The number of rotatable bonds is 3. The van der Waals surface area contributed by atoms with Gasteiger partial charge in [0.1, 0.15) is 0 Å². The predicted molar refractivity (Wildman–Crippen MR) is 78.0 cm³/mol. The van der Waals surface area contributed by atoms with E-state index in [0.717, 1.165) is 18.4 Å². The summed E-state index contributed by atoms with van der Waals surface area (Å²) >= 11 is 3.64. The van der Waals surface area contributed by atoms with Crippen molar-refractivity contribution < 1.29 is 4.79 Å². The van der Waals surface area contributed by atoms with Crippen LogP contribution < -0.4 is 5.32 Å². The lowest BCUT2D eigenvalue weighted by Gasteiger charge is -2.27. The van der Waals surface area contributed by atoms with Gasteiger partial charge in [-0.1, -0.05) is 52.7 Å². The molecule has 1 aromatic carbocycles. The van der Waals surface area contributed by atoms with Gasteiger partial charge < -0.3 is 5.32 Å². The van der Waals surface area contributed by atoms with Crippen molar-refractivity contribution in [3.8, 4) is 0 Å². The van der Waals surface area contributed by atoms with Crippen LogP contribution >= 0.6 is 15.9 Å². The fraction of sp³-hybridized carbons (Fsp3) is 0.533. The highest BCUT2D eigenvalue weighted by Gasteiger charge is 2.34. The van der Waals surface area contributed by atoms with E-state index in [9.17, 15) is 4.79 Å². The van der Waals surface area contributed by atoms with E-state index in [4.69, 9.17) is 0 Å². The number of halogens is 1. The van der Waals surface area contributed by atoms with Crippen LogP contribution in [-0.4, -0.2) is 16.8 Å². The minimum atomic E-state index is -0.476. The molecular weight excluding hydrogens is 290 g/mol. The monoisotopic (exact) mass is 309 g/mol. The molecule has 2 rings (SSSR count). The van der Waals surface area contributed by atoms with Crippen molar-refractivity contribution in [3.63, 3.8) is 0 Å². The van der Waals surface area contributed by atoms with E-state index >= 15 is 0 Å². The van der Waals surface area contributed by atoms with Gasteiger partial charge in [-0.15, -0.1) is 0 Å². The topological polar surface area (TPSA) is 29.1 Å². The summed E-state index contributed by atoms with van der Waals surface area (Å²) in [6.07, 6.45) is 3.41. The van der Waals surface area contributed by atoms with Crippen LogP contribution in [0.2, 0.25) is 0 Å². The minimum Gasteiger partial charge on any atom is -0.351 e. The average Bonchev–Trinajstić information content (AvgIpc) is 2.76. The standard InChI is InChI=1S/C15H20BrNO/c1-15(2,11-7-4-3-5-8-11)14(18)17-13-10-6-9-12(13)16/h3-5,7-8,12-13H,6,9-10H2,1-2H3,(H,17,18). The molecule has 0 radical (unpaired) electrons. The first-order valence-electron chi connectivity index (χ1n) is 6.52. The Balaban J connectivity index is 2.08. The van der Waals surface area contributed by atoms with E-state index in [0.29, 0.717) is 4.83 Å². The van der Waals surface area contributed by atoms with E-state index in [1.54, 1.807) is 0 Å². The summed E-state index contributed by atoms with van der Waals surface area (Å²) in [6, 6.07) is 10.2. The molecule has 1 fully saturated rings. The summed E-state index contributed by atoms with van der Waals surface area (Å²) < 4.78 is 0. The Bertz CT molecular complexity index is 416. The van der Waals surface area contributed by atoms with Gasteiger partial charge in [0.2, 0.25) is 5.91 Å². The third-order valence-electron chi connectivity index (χ3n) is 3.81. The fourth-order valence-corrected chi connectivity index (χ4v) is 3.13. The Kier molecular flexibility index (Phi) is 4.10. The number of hydrogen-bond donors (Lipinski definition) is 1. The maximum Gasteiger partial charge on any atom is 0.230 e. The van der Waals surface area contributed by atoms with Gasteiger partial charge in [-0.05, 0) is 32.3 Å². The maximum absolute atomic E-state index is 12.4. The molecule has 0 aliphatic heterocycles. The highest BCUT2D eigenvalue weighted by Crippen LogP contribution is 2.28. The second-order valence-corrected chi connectivity index (χ2v) is 6.69. The van der Waals surface area contributed by atoms with E-state index < -0.39 is 5.41 Å². The molecule has 1 saturated carbocycles. The summed E-state index contributed by atoms with van der Waals surface area (Å²) in [5.41, 5.74) is 0.586. The largest absolute Gasteiger partial charge is 0.351 e. The molecule has 1 aliphatic rings. The fourth-order valence-electron chi connectivity index (χ4n) is 2.41. The van der Waals surface area contributed by atoms with E-state index in [-0.39, 0.29) is 11.9 Å². The molecule has 2 unspecified atom stereocenters. The van der Waals surface area contributed by atoms with Gasteiger partial charge in [0.25, 0.3) is 0 Å². The van der Waals surface area contributed by atoms with E-state index in [1.807, 2.05) is 44.2 Å². The molecule has 0 heterocycles. The Morgan fingerprint density at radius 3 is 2.50 bits per heavy atom. The van der Waals surface area contributed by atoms with Crippen LogP contribution in [0.25, 0.3) is 0 Å². The van der Waals surface area contributed by atoms with Gasteiger partial charge in [0.05, 0.1) is 5.41 Å². The lowest BCUT2D eigenvalue weighted by Crippen LogP contribution is -2.46. The zero-order chi connectivity index (χ0) is 13.2. The highest BCUT2D eigenvalue weighted by molar-refractivity contribution is 9.09. The van der Waals surface area contributed by atoms with Gasteiger partial charge in [-0.2, -0.15) is 0 Å². The summed E-state index contributed by atoms with van der Waals surface area (Å²) in [5, 5.41) is 3.18. The Hall–Kier alpha value is -0.830. The second-order valence-electron chi connectivity index (χ2n) is 5.52. The zero-order valence-corrected chi connectivity index (χ0v) is 12.5. The number of carbonyl (C=O) groups excluding carboxylic acids is 1. The summed E-state index contributed by atoms with van der Waals surface area (Å²) in [7, 11) is 0. The second kappa shape index (κ2) is 5.43. The SMILES string of the molecule is CC(C)(C(=O)NC1CCCC1Br)c1ccccc1. The first-order chi connectivity index (χ1) is 8.51. The van der Waals surface area contributed by atoms with Gasteiger partial charge in [0.15, 0.2) is 0 Å². The molecule has 2 atom stereocenters. The molecule has 0 bridgehead atoms. The molecule has 1 aromatic rings. The Morgan fingerprint density at radius 2 is 1.94 bits per heavy atom. The van der Waals surface area contributed by atoms with Crippen LogP contribution in [0.4, 0.5) is 0 Å². The van der Waals surface area contributed by atoms with Crippen molar-refractivity contribution in [2.45, 2.75) is 49.4 Å². The van der Waals surface area contributed by atoms with Crippen LogP contribution in [0.15, 0.2) is 30.3 Å². The quantitative estimate of drug-likeness (QED) is 0.852. The van der Waals surface area contributed by atoms with Crippen molar-refractivity contribution >= 4 is 21.8 Å². The molecule has 0 spiro atoms. The maximum atomic E-state index is 12.4. The van der Waals surface area contributed by atoms with Gasteiger partial charge in [-0.25, -0.2) is 0 Å². The Labute approximate surface area is 117 Å². The lowest BCUT2D eigenvalue weighted by molar-refractivity contribution is -0.126. The zero-order valence-electron chi connectivity index (χ0n) is 10.9.